The zero-order chi connectivity index (χ0) is 9.52. The van der Waals surface area contributed by atoms with E-state index in [0.29, 0.717) is 19.8 Å². The van der Waals surface area contributed by atoms with E-state index in [9.17, 15) is 4.79 Å². The predicted molar refractivity (Wildman–Crippen MR) is 46.4 cm³/mol. The molecule has 0 radical (unpaired) electrons. The van der Waals surface area contributed by atoms with Crippen molar-refractivity contribution in [3.63, 3.8) is 0 Å². The molecule has 4 nitrogen and oxygen atoms in total. The molecule has 0 aromatic carbocycles. The zero-order valence-electron chi connectivity index (χ0n) is 7.95. The summed E-state index contributed by atoms with van der Waals surface area (Å²) < 4.78 is 15.3. The third-order valence-corrected chi connectivity index (χ3v) is 1.86. The van der Waals surface area contributed by atoms with Crippen molar-refractivity contribution in [1.29, 1.82) is 0 Å². The third-order valence-electron chi connectivity index (χ3n) is 1.86. The maximum absolute atomic E-state index is 10.4. The topological polar surface area (TPSA) is 44.8 Å². The first-order chi connectivity index (χ1) is 6.29. The average Bonchev–Trinajstić information content (AvgIpc) is 2.55. The fourth-order valence-corrected chi connectivity index (χ4v) is 1.23. The standard InChI is InChI=1S/C9H16O4/c1-8(10)12-6-5-11-7-9-3-2-4-13-9/h9H,2-7H2,1H3. The molecule has 1 atom stereocenters. The highest BCUT2D eigenvalue weighted by Gasteiger charge is 2.14. The van der Waals surface area contributed by atoms with Gasteiger partial charge in [0.05, 0.1) is 19.3 Å². The van der Waals surface area contributed by atoms with Crippen molar-refractivity contribution in [2.24, 2.45) is 0 Å². The van der Waals surface area contributed by atoms with Gasteiger partial charge in [0.2, 0.25) is 0 Å². The van der Waals surface area contributed by atoms with Gasteiger partial charge in [-0.2, -0.15) is 0 Å². The van der Waals surface area contributed by atoms with Gasteiger partial charge in [-0.1, -0.05) is 0 Å². The van der Waals surface area contributed by atoms with E-state index in [2.05, 4.69) is 0 Å². The number of ether oxygens (including phenoxy) is 3. The summed E-state index contributed by atoms with van der Waals surface area (Å²) in [7, 11) is 0. The van der Waals surface area contributed by atoms with Crippen molar-refractivity contribution in [1.82, 2.24) is 0 Å². The minimum absolute atomic E-state index is 0.248. The molecule has 0 N–H and O–H groups in total. The van der Waals surface area contributed by atoms with E-state index in [1.807, 2.05) is 0 Å². The molecule has 0 saturated carbocycles. The lowest BCUT2D eigenvalue weighted by Gasteiger charge is -2.09. The summed E-state index contributed by atoms with van der Waals surface area (Å²) in [5.74, 6) is -0.263. The third kappa shape index (κ3) is 4.85. The molecule has 1 unspecified atom stereocenters. The molecule has 0 aliphatic carbocycles. The fourth-order valence-electron chi connectivity index (χ4n) is 1.23. The van der Waals surface area contributed by atoms with Crippen molar-refractivity contribution < 1.29 is 19.0 Å². The van der Waals surface area contributed by atoms with Crippen LogP contribution in [0, 0.1) is 0 Å². The first kappa shape index (κ1) is 10.5. The van der Waals surface area contributed by atoms with Crippen LogP contribution in [0.3, 0.4) is 0 Å². The molecule has 1 aliphatic heterocycles. The molecule has 76 valence electrons. The second-order valence-corrected chi connectivity index (χ2v) is 3.05. The van der Waals surface area contributed by atoms with Gasteiger partial charge in [-0.3, -0.25) is 4.79 Å². The van der Waals surface area contributed by atoms with Crippen LogP contribution < -0.4 is 0 Å². The Kier molecular flexibility index (Phi) is 4.78. The smallest absolute Gasteiger partial charge is 0.302 e. The van der Waals surface area contributed by atoms with Crippen LogP contribution in [0.5, 0.6) is 0 Å². The zero-order valence-corrected chi connectivity index (χ0v) is 7.95. The average molecular weight is 188 g/mol. The molecule has 0 spiro atoms. The Bertz CT molecular complexity index is 152. The van der Waals surface area contributed by atoms with Gasteiger partial charge < -0.3 is 14.2 Å². The van der Waals surface area contributed by atoms with Gasteiger partial charge in [-0.25, -0.2) is 0 Å². The number of hydrogen-bond acceptors (Lipinski definition) is 4. The summed E-state index contributed by atoms with van der Waals surface area (Å²) in [6.45, 7) is 3.64. The van der Waals surface area contributed by atoms with E-state index in [1.54, 1.807) is 0 Å². The van der Waals surface area contributed by atoms with Crippen LogP contribution in [-0.2, 0) is 19.0 Å². The van der Waals surface area contributed by atoms with E-state index in [4.69, 9.17) is 14.2 Å². The Morgan fingerprint density at radius 3 is 3.00 bits per heavy atom. The second kappa shape index (κ2) is 5.94. The van der Waals surface area contributed by atoms with Crippen molar-refractivity contribution in [3.8, 4) is 0 Å². The summed E-state index contributed by atoms with van der Waals surface area (Å²) in [6.07, 6.45) is 2.45. The quantitative estimate of drug-likeness (QED) is 0.471. The Labute approximate surface area is 78.2 Å². The summed E-state index contributed by atoms with van der Waals surface area (Å²) >= 11 is 0. The molecule has 1 saturated heterocycles. The van der Waals surface area contributed by atoms with Crippen molar-refractivity contribution in [3.05, 3.63) is 0 Å². The van der Waals surface area contributed by atoms with Gasteiger partial charge in [0.1, 0.15) is 6.61 Å². The molecule has 0 amide bonds. The predicted octanol–water partition coefficient (Wildman–Crippen LogP) is 0.745. The Hall–Kier alpha value is -0.610. The first-order valence-corrected chi connectivity index (χ1v) is 4.62. The molecule has 0 aromatic heterocycles. The molecule has 1 rings (SSSR count). The fraction of sp³-hybridized carbons (Fsp3) is 0.889. The van der Waals surface area contributed by atoms with Gasteiger partial charge in [0.15, 0.2) is 0 Å². The molecule has 1 aliphatic rings. The molecule has 4 heteroatoms. The van der Waals surface area contributed by atoms with Crippen LogP contribution in [0.25, 0.3) is 0 Å². The number of esters is 1. The lowest BCUT2D eigenvalue weighted by Crippen LogP contribution is -2.16. The number of carbonyl (C=O) groups excluding carboxylic acids is 1. The largest absolute Gasteiger partial charge is 0.463 e. The van der Waals surface area contributed by atoms with Crippen molar-refractivity contribution in [2.45, 2.75) is 25.9 Å². The van der Waals surface area contributed by atoms with Crippen LogP contribution in [0.4, 0.5) is 0 Å². The summed E-state index contributed by atoms with van der Waals surface area (Å²) in [4.78, 5) is 10.4. The number of hydrogen-bond donors (Lipinski definition) is 0. The van der Waals surface area contributed by atoms with Gasteiger partial charge in [0, 0.05) is 13.5 Å². The molecule has 13 heavy (non-hydrogen) atoms. The van der Waals surface area contributed by atoms with Crippen LogP contribution in [0.15, 0.2) is 0 Å². The monoisotopic (exact) mass is 188 g/mol. The normalized spacial score (nSPS) is 21.8. The van der Waals surface area contributed by atoms with E-state index in [0.717, 1.165) is 19.4 Å². The van der Waals surface area contributed by atoms with E-state index >= 15 is 0 Å². The van der Waals surface area contributed by atoms with Gasteiger partial charge >= 0.3 is 5.97 Å². The Balaban J connectivity index is 1.86. The van der Waals surface area contributed by atoms with Crippen LogP contribution >= 0.6 is 0 Å². The number of carbonyl (C=O) groups is 1. The van der Waals surface area contributed by atoms with Crippen molar-refractivity contribution in [2.75, 3.05) is 26.4 Å². The summed E-state index contributed by atoms with van der Waals surface area (Å²) in [5, 5.41) is 0. The van der Waals surface area contributed by atoms with Gasteiger partial charge in [-0.05, 0) is 12.8 Å². The maximum atomic E-state index is 10.4. The van der Waals surface area contributed by atoms with Crippen LogP contribution in [0.1, 0.15) is 19.8 Å². The molecule has 0 aromatic rings. The molecule has 1 fully saturated rings. The lowest BCUT2D eigenvalue weighted by molar-refractivity contribution is -0.142. The van der Waals surface area contributed by atoms with Crippen LogP contribution in [0.2, 0.25) is 0 Å². The first-order valence-electron chi connectivity index (χ1n) is 4.62. The molecular weight excluding hydrogens is 172 g/mol. The van der Waals surface area contributed by atoms with E-state index in [-0.39, 0.29) is 12.1 Å². The minimum Gasteiger partial charge on any atom is -0.463 e. The highest BCUT2D eigenvalue weighted by molar-refractivity contribution is 5.65. The highest BCUT2D eigenvalue weighted by Crippen LogP contribution is 2.11. The van der Waals surface area contributed by atoms with E-state index in [1.165, 1.54) is 6.92 Å². The Morgan fingerprint density at radius 1 is 1.54 bits per heavy atom. The SMILES string of the molecule is CC(=O)OCCOCC1CCCO1. The lowest BCUT2D eigenvalue weighted by atomic mass is 10.2. The Morgan fingerprint density at radius 2 is 2.38 bits per heavy atom. The van der Waals surface area contributed by atoms with E-state index < -0.39 is 0 Å². The highest BCUT2D eigenvalue weighted by atomic mass is 16.6. The second-order valence-electron chi connectivity index (χ2n) is 3.05. The van der Waals surface area contributed by atoms with Gasteiger partial charge in [0.25, 0.3) is 0 Å². The van der Waals surface area contributed by atoms with Gasteiger partial charge in [-0.15, -0.1) is 0 Å². The molecule has 1 heterocycles. The molecule has 0 bridgehead atoms. The summed E-state index contributed by atoms with van der Waals surface area (Å²) in [6, 6.07) is 0. The maximum Gasteiger partial charge on any atom is 0.302 e. The van der Waals surface area contributed by atoms with Crippen molar-refractivity contribution >= 4 is 5.97 Å². The van der Waals surface area contributed by atoms with Crippen LogP contribution in [-0.4, -0.2) is 38.5 Å². The summed E-state index contributed by atoms with van der Waals surface area (Å²) in [5.41, 5.74) is 0. The minimum atomic E-state index is -0.263. The number of rotatable bonds is 5. The molecular formula is C9H16O4.